The molecule has 1 saturated heterocycles. The quantitative estimate of drug-likeness (QED) is 0.751. The van der Waals surface area contributed by atoms with Crippen molar-refractivity contribution in [2.24, 2.45) is 5.92 Å². The van der Waals surface area contributed by atoms with Gasteiger partial charge in [0.15, 0.2) is 24.4 Å². The minimum atomic E-state index is -4.32. The molecule has 1 saturated carbocycles. The van der Waals surface area contributed by atoms with E-state index >= 15 is 0 Å². The van der Waals surface area contributed by atoms with Crippen molar-refractivity contribution in [3.63, 3.8) is 0 Å². The van der Waals surface area contributed by atoms with Gasteiger partial charge in [0.2, 0.25) is 5.91 Å². The second kappa shape index (κ2) is 6.90. The molecule has 3 rings (SSSR count). The van der Waals surface area contributed by atoms with Crippen LogP contribution in [0.2, 0.25) is 0 Å². The Hall–Kier alpha value is -1.94. The third-order valence-electron chi connectivity index (χ3n) is 5.45. The Balaban J connectivity index is 2.00. The van der Waals surface area contributed by atoms with Crippen molar-refractivity contribution in [1.29, 1.82) is 0 Å². The van der Waals surface area contributed by atoms with E-state index in [2.05, 4.69) is 0 Å². The first-order valence-corrected chi connectivity index (χ1v) is 11.9. The number of hydrogen-bond donors (Lipinski definition) is 1. The fourth-order valence-electron chi connectivity index (χ4n) is 3.95. The number of nitrogens with zero attached hydrogens (tertiary/aromatic N) is 1. The highest BCUT2D eigenvalue weighted by Gasteiger charge is 2.62. The summed E-state index contributed by atoms with van der Waals surface area (Å²) < 4.78 is 47.5. The molecular weight excluding hydrogens is 394 g/mol. The van der Waals surface area contributed by atoms with Crippen molar-refractivity contribution in [1.82, 2.24) is 4.90 Å². The fraction of sp³-hybridized carbons (Fsp3) is 0.529. The van der Waals surface area contributed by atoms with Crippen molar-refractivity contribution in [2.45, 2.75) is 28.9 Å². The highest BCUT2D eigenvalue weighted by atomic mass is 32.2. The summed E-state index contributed by atoms with van der Waals surface area (Å²) in [6.07, 6.45) is 0.281. The van der Waals surface area contributed by atoms with Gasteiger partial charge in [-0.3, -0.25) is 9.59 Å². The maximum atomic E-state index is 13.3. The molecule has 10 heteroatoms. The van der Waals surface area contributed by atoms with Crippen LogP contribution in [-0.4, -0.2) is 68.1 Å². The molecule has 1 amide bonds. The second-order valence-corrected chi connectivity index (χ2v) is 11.4. The van der Waals surface area contributed by atoms with Gasteiger partial charge in [0, 0.05) is 13.1 Å². The number of rotatable bonds is 4. The van der Waals surface area contributed by atoms with Crippen LogP contribution in [-0.2, 0) is 29.3 Å². The van der Waals surface area contributed by atoms with E-state index in [-0.39, 0.29) is 42.3 Å². The number of aliphatic carboxylic acids is 1. The zero-order valence-corrected chi connectivity index (χ0v) is 16.2. The lowest BCUT2D eigenvalue weighted by molar-refractivity contribution is -0.147. The molecule has 8 nitrogen and oxygen atoms in total. The van der Waals surface area contributed by atoms with Gasteiger partial charge >= 0.3 is 5.97 Å². The van der Waals surface area contributed by atoms with Gasteiger partial charge in [-0.2, -0.15) is 0 Å². The van der Waals surface area contributed by atoms with Crippen LogP contribution in [0.4, 0.5) is 0 Å². The maximum Gasteiger partial charge on any atom is 0.326 e. The Bertz CT molecular complexity index is 942. The third-order valence-corrected chi connectivity index (χ3v) is 9.58. The Morgan fingerprint density at radius 3 is 2.26 bits per heavy atom. The summed E-state index contributed by atoms with van der Waals surface area (Å²) in [5.74, 6) is -3.76. The van der Waals surface area contributed by atoms with Crippen molar-refractivity contribution >= 4 is 31.6 Å². The Kier molecular flexibility index (Phi) is 5.06. The molecule has 0 aromatic heterocycles. The van der Waals surface area contributed by atoms with Crippen LogP contribution >= 0.6 is 0 Å². The lowest BCUT2D eigenvalue weighted by atomic mass is 9.93. The molecule has 1 aromatic carbocycles. The zero-order valence-electron chi connectivity index (χ0n) is 14.6. The van der Waals surface area contributed by atoms with Crippen LogP contribution < -0.4 is 0 Å². The lowest BCUT2D eigenvalue weighted by Crippen LogP contribution is -2.56. The molecular formula is C17H21NO7S2. The van der Waals surface area contributed by atoms with Crippen LogP contribution in [0.5, 0.6) is 0 Å². The van der Waals surface area contributed by atoms with Gasteiger partial charge in [-0.15, -0.1) is 0 Å². The Labute approximate surface area is 158 Å². The van der Waals surface area contributed by atoms with Crippen LogP contribution in [0.1, 0.15) is 19.3 Å². The average Bonchev–Trinajstić information content (AvgIpc) is 3.09. The molecule has 1 aliphatic heterocycles. The summed E-state index contributed by atoms with van der Waals surface area (Å²) >= 11 is 0. The van der Waals surface area contributed by atoms with Gasteiger partial charge in [-0.05, 0) is 25.0 Å². The standard InChI is InChI=1S/C17H21NO7S2/c19-15(18-9-11-26(22,23)12-10-18)14-7-4-8-17(14,16(20)21)27(24,25)13-5-2-1-3-6-13/h1-3,5-6,14H,4,7-12H2,(H,20,21)/t14-,17-/m1/s1. The van der Waals surface area contributed by atoms with Crippen LogP contribution in [0, 0.1) is 5.92 Å². The summed E-state index contributed by atoms with van der Waals surface area (Å²) in [7, 11) is -7.54. The maximum absolute atomic E-state index is 13.3. The predicted octanol–water partition coefficient (Wildman–Crippen LogP) is 0.341. The number of sulfone groups is 2. The first-order chi connectivity index (χ1) is 12.6. The van der Waals surface area contributed by atoms with Crippen LogP contribution in [0.15, 0.2) is 35.2 Å². The zero-order chi connectivity index (χ0) is 19.9. The van der Waals surface area contributed by atoms with E-state index in [1.165, 1.54) is 29.2 Å². The topological polar surface area (TPSA) is 126 Å². The van der Waals surface area contributed by atoms with Crippen molar-refractivity contribution in [3.05, 3.63) is 30.3 Å². The first kappa shape index (κ1) is 19.8. The van der Waals surface area contributed by atoms with Gasteiger partial charge in [0.25, 0.3) is 0 Å². The van der Waals surface area contributed by atoms with E-state index in [0.29, 0.717) is 6.42 Å². The summed E-state index contributed by atoms with van der Waals surface area (Å²) in [5.41, 5.74) is 0. The summed E-state index contributed by atoms with van der Waals surface area (Å²) in [6.45, 7) is -0.0858. The van der Waals surface area contributed by atoms with Gasteiger partial charge in [0.1, 0.15) is 0 Å². The monoisotopic (exact) mass is 415 g/mol. The van der Waals surface area contributed by atoms with Gasteiger partial charge in [-0.25, -0.2) is 16.8 Å². The number of amides is 1. The van der Waals surface area contributed by atoms with E-state index in [1.807, 2.05) is 0 Å². The van der Waals surface area contributed by atoms with E-state index in [1.54, 1.807) is 6.07 Å². The summed E-state index contributed by atoms with van der Waals surface area (Å²) in [4.78, 5) is 26.4. The van der Waals surface area contributed by atoms with Crippen molar-refractivity contribution < 1.29 is 31.5 Å². The molecule has 1 aliphatic carbocycles. The highest BCUT2D eigenvalue weighted by Crippen LogP contribution is 2.46. The van der Waals surface area contributed by atoms with Gasteiger partial charge in [0.05, 0.1) is 22.3 Å². The molecule has 2 fully saturated rings. The second-order valence-electron chi connectivity index (χ2n) is 6.93. The minimum Gasteiger partial charge on any atom is -0.480 e. The fourth-order valence-corrected chi connectivity index (χ4v) is 7.33. The molecule has 2 aliphatic rings. The van der Waals surface area contributed by atoms with E-state index < -0.39 is 42.2 Å². The number of carboxylic acids is 1. The number of carbonyl (C=O) groups is 2. The number of carbonyl (C=O) groups excluding carboxylic acids is 1. The average molecular weight is 415 g/mol. The molecule has 148 valence electrons. The predicted molar refractivity (Wildman–Crippen MR) is 96.6 cm³/mol. The number of hydrogen-bond acceptors (Lipinski definition) is 6. The highest BCUT2D eigenvalue weighted by molar-refractivity contribution is 7.93. The molecule has 27 heavy (non-hydrogen) atoms. The molecule has 2 atom stereocenters. The smallest absolute Gasteiger partial charge is 0.326 e. The summed E-state index contributed by atoms with van der Waals surface area (Å²) in [5, 5.41) is 9.92. The third kappa shape index (κ3) is 3.25. The molecule has 0 bridgehead atoms. The van der Waals surface area contributed by atoms with Crippen molar-refractivity contribution in [3.8, 4) is 0 Å². The molecule has 0 unspecified atom stereocenters. The van der Waals surface area contributed by atoms with E-state index in [9.17, 15) is 31.5 Å². The van der Waals surface area contributed by atoms with Crippen LogP contribution in [0.3, 0.4) is 0 Å². The molecule has 1 aromatic rings. The molecule has 1 heterocycles. The molecule has 1 N–H and O–H groups in total. The Morgan fingerprint density at radius 2 is 1.70 bits per heavy atom. The lowest BCUT2D eigenvalue weighted by Gasteiger charge is -2.35. The molecule has 0 spiro atoms. The largest absolute Gasteiger partial charge is 0.480 e. The van der Waals surface area contributed by atoms with Crippen LogP contribution in [0.25, 0.3) is 0 Å². The van der Waals surface area contributed by atoms with E-state index in [4.69, 9.17) is 0 Å². The minimum absolute atomic E-state index is 0.0429. The van der Waals surface area contributed by atoms with Crippen molar-refractivity contribution in [2.75, 3.05) is 24.6 Å². The van der Waals surface area contributed by atoms with Gasteiger partial charge < -0.3 is 10.0 Å². The SMILES string of the molecule is O=C([C@H]1CCC[C@@]1(C(=O)O)S(=O)(=O)c1ccccc1)N1CCS(=O)(=O)CC1. The van der Waals surface area contributed by atoms with Gasteiger partial charge in [-0.1, -0.05) is 24.6 Å². The Morgan fingerprint density at radius 1 is 1.11 bits per heavy atom. The number of benzene rings is 1. The normalized spacial score (nSPS) is 28.0. The van der Waals surface area contributed by atoms with E-state index in [0.717, 1.165) is 0 Å². The molecule has 0 radical (unpaired) electrons. The summed E-state index contributed by atoms with van der Waals surface area (Å²) in [6, 6.07) is 7.28. The first-order valence-electron chi connectivity index (χ1n) is 8.64. The number of carboxylic acid groups (broad SMARTS) is 1.